The third-order valence-electron chi connectivity index (χ3n) is 3.29. The number of nitrogens with zero attached hydrogens (tertiary/aromatic N) is 1. The molecule has 1 amide bonds. The first-order valence-corrected chi connectivity index (χ1v) is 6.40. The van der Waals surface area contributed by atoms with Crippen LogP contribution in [0, 0.1) is 5.82 Å². The van der Waals surface area contributed by atoms with Gasteiger partial charge in [-0.25, -0.2) is 4.39 Å². The van der Waals surface area contributed by atoms with Crippen LogP contribution in [0.1, 0.15) is 24.0 Å². The predicted molar refractivity (Wildman–Crippen MR) is 86.3 cm³/mol. The van der Waals surface area contributed by atoms with Gasteiger partial charge in [-0.1, -0.05) is 6.07 Å². The van der Waals surface area contributed by atoms with Crippen molar-refractivity contribution in [3.63, 3.8) is 0 Å². The van der Waals surface area contributed by atoms with Crippen molar-refractivity contribution in [3.8, 4) is 0 Å². The highest BCUT2D eigenvalue weighted by atomic mass is 35.5. The summed E-state index contributed by atoms with van der Waals surface area (Å²) in [5, 5.41) is 2.80. The lowest BCUT2D eigenvalue weighted by Crippen LogP contribution is -2.42. The van der Waals surface area contributed by atoms with Gasteiger partial charge in [0.2, 0.25) is 5.91 Å². The third-order valence-corrected chi connectivity index (χ3v) is 3.29. The highest BCUT2D eigenvalue weighted by molar-refractivity contribution is 5.88. The minimum Gasteiger partial charge on any atom is -0.350 e. The van der Waals surface area contributed by atoms with Gasteiger partial charge in [0.1, 0.15) is 5.82 Å². The topological polar surface area (TPSA) is 58.4 Å². The van der Waals surface area contributed by atoms with Gasteiger partial charge in [0, 0.05) is 18.7 Å². The van der Waals surface area contributed by atoms with E-state index in [1.165, 1.54) is 6.07 Å². The third kappa shape index (κ3) is 5.43. The summed E-state index contributed by atoms with van der Waals surface area (Å²) in [5.41, 5.74) is 6.65. The molecule has 0 radical (unpaired) electrons. The van der Waals surface area contributed by atoms with E-state index in [9.17, 15) is 9.18 Å². The van der Waals surface area contributed by atoms with Gasteiger partial charge in [0.05, 0.1) is 5.54 Å². The number of amides is 1. The molecule has 3 N–H and O–H groups in total. The first kappa shape index (κ1) is 20.1. The molecule has 7 heteroatoms. The maximum atomic E-state index is 13.6. The number of hydrogen-bond acceptors (Lipinski definition) is 3. The molecule has 0 bridgehead atoms. The lowest BCUT2D eigenvalue weighted by atomic mass is 10.1. The molecule has 1 aliphatic rings. The highest BCUT2D eigenvalue weighted by Crippen LogP contribution is 2.32. The molecule has 0 atom stereocenters. The summed E-state index contributed by atoms with van der Waals surface area (Å²) in [6.07, 6.45) is 1.49. The Balaban J connectivity index is 0.00000200. The van der Waals surface area contributed by atoms with Crippen LogP contribution in [-0.4, -0.2) is 30.4 Å². The van der Waals surface area contributed by atoms with Crippen LogP contribution in [0.25, 0.3) is 0 Å². The molecule has 0 heterocycles. The molecule has 1 aliphatic carbocycles. The Labute approximate surface area is 137 Å². The van der Waals surface area contributed by atoms with Crippen molar-refractivity contribution in [2.75, 3.05) is 14.1 Å². The predicted octanol–water partition coefficient (Wildman–Crippen LogP) is 1.84. The van der Waals surface area contributed by atoms with Gasteiger partial charge in [-0.3, -0.25) is 4.79 Å². The summed E-state index contributed by atoms with van der Waals surface area (Å²) in [6.45, 7) is 0.924. The van der Waals surface area contributed by atoms with Crippen molar-refractivity contribution >= 4 is 30.7 Å². The van der Waals surface area contributed by atoms with Crippen molar-refractivity contribution in [2.45, 2.75) is 31.5 Å². The molecule has 0 saturated heterocycles. The second-order valence-electron chi connectivity index (χ2n) is 5.50. The van der Waals surface area contributed by atoms with Gasteiger partial charge in [-0.2, -0.15) is 0 Å². The smallest absolute Gasteiger partial charge is 0.240 e. The maximum Gasteiger partial charge on any atom is 0.240 e. The van der Waals surface area contributed by atoms with Gasteiger partial charge in [-0.05, 0) is 44.6 Å². The van der Waals surface area contributed by atoms with Crippen molar-refractivity contribution in [1.29, 1.82) is 0 Å². The zero-order chi connectivity index (χ0) is 14.0. The van der Waals surface area contributed by atoms with Gasteiger partial charge >= 0.3 is 0 Å². The van der Waals surface area contributed by atoms with E-state index in [2.05, 4.69) is 5.32 Å². The second kappa shape index (κ2) is 7.94. The molecule has 1 saturated carbocycles. The summed E-state index contributed by atoms with van der Waals surface area (Å²) in [4.78, 5) is 13.6. The quantitative estimate of drug-likeness (QED) is 0.861. The fraction of sp³-hybridized carbons (Fsp3) is 0.500. The summed E-state index contributed by atoms with van der Waals surface area (Å²) >= 11 is 0. The molecular formula is C14H22Cl2FN3O. The van der Waals surface area contributed by atoms with E-state index < -0.39 is 5.54 Å². The number of halogens is 3. The number of carbonyl (C=O) groups is 1. The first-order chi connectivity index (χ1) is 8.90. The van der Waals surface area contributed by atoms with Crippen LogP contribution < -0.4 is 11.1 Å². The number of carbonyl (C=O) groups excluding carboxylic acids is 1. The molecule has 4 nitrogen and oxygen atoms in total. The van der Waals surface area contributed by atoms with Crippen LogP contribution in [0.2, 0.25) is 0 Å². The Morgan fingerprint density at radius 1 is 1.38 bits per heavy atom. The molecule has 2 rings (SSSR count). The molecule has 1 aromatic rings. The fourth-order valence-electron chi connectivity index (χ4n) is 1.92. The standard InChI is InChI=1S/C14H20FN3O.2ClH/c1-18(2)9-11-7-10(3-4-12(11)15)8-17-13(19)14(16)5-6-14;;/h3-4,7H,5-6,8-9,16H2,1-2H3,(H,17,19);2*1H. The van der Waals surface area contributed by atoms with Crippen LogP contribution in [0.3, 0.4) is 0 Å². The Kier molecular flexibility index (Phi) is 7.61. The van der Waals surface area contributed by atoms with Crippen LogP contribution >= 0.6 is 24.8 Å². The maximum absolute atomic E-state index is 13.6. The molecular weight excluding hydrogens is 316 g/mol. The van der Waals surface area contributed by atoms with E-state index in [4.69, 9.17) is 5.73 Å². The summed E-state index contributed by atoms with van der Waals surface area (Å²) < 4.78 is 13.6. The van der Waals surface area contributed by atoms with Crippen LogP contribution in [-0.2, 0) is 17.9 Å². The number of hydrogen-bond donors (Lipinski definition) is 2. The largest absolute Gasteiger partial charge is 0.350 e. The van der Waals surface area contributed by atoms with Crippen LogP contribution in [0.4, 0.5) is 4.39 Å². The van der Waals surface area contributed by atoms with E-state index in [0.717, 1.165) is 18.4 Å². The van der Waals surface area contributed by atoms with Crippen molar-refractivity contribution in [2.24, 2.45) is 5.73 Å². The number of benzene rings is 1. The van der Waals surface area contributed by atoms with E-state index in [-0.39, 0.29) is 36.5 Å². The van der Waals surface area contributed by atoms with E-state index in [0.29, 0.717) is 18.7 Å². The fourth-order valence-corrected chi connectivity index (χ4v) is 1.92. The second-order valence-corrected chi connectivity index (χ2v) is 5.50. The highest BCUT2D eigenvalue weighted by Gasteiger charge is 2.45. The van der Waals surface area contributed by atoms with Crippen LogP contribution in [0.5, 0.6) is 0 Å². The zero-order valence-electron chi connectivity index (χ0n) is 12.2. The molecule has 1 fully saturated rings. The van der Waals surface area contributed by atoms with Gasteiger partial charge in [0.25, 0.3) is 0 Å². The molecule has 0 unspecified atom stereocenters. The number of nitrogens with one attached hydrogen (secondary N) is 1. The van der Waals surface area contributed by atoms with Crippen LogP contribution in [0.15, 0.2) is 18.2 Å². The van der Waals surface area contributed by atoms with E-state index >= 15 is 0 Å². The Morgan fingerprint density at radius 2 is 2.00 bits per heavy atom. The van der Waals surface area contributed by atoms with Gasteiger partial charge in [-0.15, -0.1) is 24.8 Å². The van der Waals surface area contributed by atoms with Crippen molar-refractivity contribution in [3.05, 3.63) is 35.1 Å². The van der Waals surface area contributed by atoms with E-state index in [1.54, 1.807) is 12.1 Å². The van der Waals surface area contributed by atoms with Gasteiger partial charge in [0.15, 0.2) is 0 Å². The molecule has 0 aliphatic heterocycles. The SMILES string of the molecule is CN(C)Cc1cc(CNC(=O)C2(N)CC2)ccc1F.Cl.Cl. The van der Waals surface area contributed by atoms with Crippen molar-refractivity contribution in [1.82, 2.24) is 10.2 Å². The number of nitrogens with two attached hydrogens (primary N) is 1. The molecule has 1 aromatic carbocycles. The minimum atomic E-state index is -0.660. The monoisotopic (exact) mass is 337 g/mol. The average molecular weight is 338 g/mol. The van der Waals surface area contributed by atoms with Crippen molar-refractivity contribution < 1.29 is 9.18 Å². The lowest BCUT2D eigenvalue weighted by Gasteiger charge is -2.13. The first-order valence-electron chi connectivity index (χ1n) is 6.40. The Bertz CT molecular complexity index is 493. The normalized spacial score (nSPS) is 14.9. The number of rotatable bonds is 5. The van der Waals surface area contributed by atoms with E-state index in [1.807, 2.05) is 19.0 Å². The Morgan fingerprint density at radius 3 is 2.52 bits per heavy atom. The van der Waals surface area contributed by atoms with Gasteiger partial charge < -0.3 is 16.0 Å². The lowest BCUT2D eigenvalue weighted by molar-refractivity contribution is -0.123. The summed E-state index contributed by atoms with van der Waals surface area (Å²) in [7, 11) is 3.78. The molecule has 120 valence electrons. The minimum absolute atomic E-state index is 0. The molecule has 0 spiro atoms. The zero-order valence-corrected chi connectivity index (χ0v) is 13.8. The molecule has 21 heavy (non-hydrogen) atoms. The summed E-state index contributed by atoms with van der Waals surface area (Å²) in [5.74, 6) is -0.341. The Hall–Kier alpha value is -0.880. The molecule has 0 aromatic heterocycles. The average Bonchev–Trinajstić information content (AvgIpc) is 3.08. The summed E-state index contributed by atoms with van der Waals surface area (Å²) in [6, 6.07) is 4.91.